The highest BCUT2D eigenvalue weighted by Crippen LogP contribution is 2.33. The standard InChI is InChI=1S/C15H21N3S/c1-11-7-8-14(19-11)12(2)17-15-16-9-10-18(15)13-5-3-4-6-13/h7-10,12-13H,3-6H2,1-2H3,(H,16,17). The van der Waals surface area contributed by atoms with Crippen molar-refractivity contribution in [1.29, 1.82) is 0 Å². The van der Waals surface area contributed by atoms with Gasteiger partial charge in [0.05, 0.1) is 6.04 Å². The average Bonchev–Trinajstić information content (AvgIpc) is 3.07. The van der Waals surface area contributed by atoms with Crippen LogP contribution in [-0.2, 0) is 0 Å². The zero-order chi connectivity index (χ0) is 13.2. The van der Waals surface area contributed by atoms with Crippen LogP contribution in [0.5, 0.6) is 0 Å². The summed E-state index contributed by atoms with van der Waals surface area (Å²) < 4.78 is 2.32. The lowest BCUT2D eigenvalue weighted by Crippen LogP contribution is -2.13. The minimum absolute atomic E-state index is 0.321. The van der Waals surface area contributed by atoms with Gasteiger partial charge in [-0.05, 0) is 38.8 Å². The molecule has 0 spiro atoms. The van der Waals surface area contributed by atoms with Crippen LogP contribution in [0.15, 0.2) is 24.5 Å². The summed E-state index contributed by atoms with van der Waals surface area (Å²) in [4.78, 5) is 7.23. The molecule has 1 fully saturated rings. The molecule has 3 rings (SSSR count). The van der Waals surface area contributed by atoms with Crippen LogP contribution >= 0.6 is 11.3 Å². The van der Waals surface area contributed by atoms with Crippen molar-refractivity contribution in [3.05, 3.63) is 34.3 Å². The van der Waals surface area contributed by atoms with E-state index >= 15 is 0 Å². The summed E-state index contributed by atoms with van der Waals surface area (Å²) in [5, 5.41) is 3.56. The third-order valence-electron chi connectivity index (χ3n) is 3.92. The molecule has 2 heterocycles. The molecule has 0 bridgehead atoms. The Labute approximate surface area is 118 Å². The number of thiophene rings is 1. The molecule has 1 unspecified atom stereocenters. The summed E-state index contributed by atoms with van der Waals surface area (Å²) in [6.45, 7) is 4.36. The number of nitrogens with one attached hydrogen (secondary N) is 1. The Morgan fingerprint density at radius 1 is 1.37 bits per heavy atom. The fourth-order valence-electron chi connectivity index (χ4n) is 2.85. The van der Waals surface area contributed by atoms with E-state index in [2.05, 4.69) is 47.0 Å². The summed E-state index contributed by atoms with van der Waals surface area (Å²) in [6.07, 6.45) is 9.30. The van der Waals surface area contributed by atoms with Gasteiger partial charge in [-0.1, -0.05) is 12.8 Å². The molecular formula is C15H21N3S. The predicted molar refractivity (Wildman–Crippen MR) is 80.8 cm³/mol. The second-order valence-corrected chi connectivity index (χ2v) is 6.73. The molecule has 1 atom stereocenters. The van der Waals surface area contributed by atoms with Crippen molar-refractivity contribution >= 4 is 17.3 Å². The topological polar surface area (TPSA) is 29.9 Å². The minimum Gasteiger partial charge on any atom is -0.348 e. The lowest BCUT2D eigenvalue weighted by Gasteiger charge is -2.18. The molecule has 1 aliphatic rings. The number of aromatic nitrogens is 2. The van der Waals surface area contributed by atoms with Crippen LogP contribution in [0.1, 0.15) is 54.4 Å². The first-order chi connectivity index (χ1) is 9.24. The maximum Gasteiger partial charge on any atom is 0.203 e. The average molecular weight is 275 g/mol. The molecule has 0 amide bonds. The first-order valence-electron chi connectivity index (χ1n) is 7.10. The van der Waals surface area contributed by atoms with E-state index in [1.807, 2.05) is 17.5 Å². The number of imidazole rings is 1. The largest absolute Gasteiger partial charge is 0.348 e. The summed E-state index contributed by atoms with van der Waals surface area (Å²) in [7, 11) is 0. The van der Waals surface area contributed by atoms with E-state index in [0.29, 0.717) is 12.1 Å². The van der Waals surface area contributed by atoms with Crippen LogP contribution in [-0.4, -0.2) is 9.55 Å². The molecule has 1 aliphatic carbocycles. The summed E-state index contributed by atoms with van der Waals surface area (Å²) in [6, 6.07) is 5.35. The van der Waals surface area contributed by atoms with E-state index in [0.717, 1.165) is 5.95 Å². The smallest absolute Gasteiger partial charge is 0.203 e. The van der Waals surface area contributed by atoms with Crippen LogP contribution in [0, 0.1) is 6.92 Å². The SMILES string of the molecule is Cc1ccc(C(C)Nc2nccn2C2CCCC2)s1. The second kappa shape index (κ2) is 5.37. The highest BCUT2D eigenvalue weighted by Gasteiger charge is 2.20. The number of hydrogen-bond donors (Lipinski definition) is 1. The minimum atomic E-state index is 0.321. The van der Waals surface area contributed by atoms with Crippen LogP contribution in [0.2, 0.25) is 0 Å². The van der Waals surface area contributed by atoms with E-state index in [4.69, 9.17) is 0 Å². The Kier molecular flexibility index (Phi) is 3.60. The van der Waals surface area contributed by atoms with Gasteiger partial charge in [0.15, 0.2) is 0 Å². The van der Waals surface area contributed by atoms with Gasteiger partial charge in [-0.15, -0.1) is 11.3 Å². The maximum absolute atomic E-state index is 4.49. The molecule has 0 aromatic carbocycles. The summed E-state index contributed by atoms with van der Waals surface area (Å²) in [5.74, 6) is 1.02. The van der Waals surface area contributed by atoms with E-state index in [1.54, 1.807) is 0 Å². The molecule has 4 heteroatoms. The number of anilines is 1. The summed E-state index contributed by atoms with van der Waals surface area (Å²) >= 11 is 1.86. The van der Waals surface area contributed by atoms with Crippen molar-refractivity contribution in [3.63, 3.8) is 0 Å². The zero-order valence-corrected chi connectivity index (χ0v) is 12.4. The molecule has 0 aliphatic heterocycles. The predicted octanol–water partition coefficient (Wildman–Crippen LogP) is 4.54. The quantitative estimate of drug-likeness (QED) is 0.887. The Balaban J connectivity index is 1.74. The van der Waals surface area contributed by atoms with Gasteiger partial charge in [0.1, 0.15) is 0 Å². The van der Waals surface area contributed by atoms with Crippen molar-refractivity contribution in [2.24, 2.45) is 0 Å². The van der Waals surface area contributed by atoms with E-state index in [-0.39, 0.29) is 0 Å². The maximum atomic E-state index is 4.49. The fourth-order valence-corrected chi connectivity index (χ4v) is 3.73. The lowest BCUT2D eigenvalue weighted by atomic mass is 10.2. The monoisotopic (exact) mass is 275 g/mol. The first-order valence-corrected chi connectivity index (χ1v) is 7.91. The van der Waals surface area contributed by atoms with Crippen LogP contribution in [0.25, 0.3) is 0 Å². The van der Waals surface area contributed by atoms with Gasteiger partial charge >= 0.3 is 0 Å². The Morgan fingerprint density at radius 2 is 2.16 bits per heavy atom. The first kappa shape index (κ1) is 12.7. The van der Waals surface area contributed by atoms with Gasteiger partial charge in [-0.2, -0.15) is 0 Å². The molecule has 3 nitrogen and oxygen atoms in total. The molecule has 2 aromatic heterocycles. The van der Waals surface area contributed by atoms with Crippen molar-refractivity contribution in [3.8, 4) is 0 Å². The molecule has 1 saturated carbocycles. The van der Waals surface area contributed by atoms with Gasteiger partial charge in [0.2, 0.25) is 5.95 Å². The highest BCUT2D eigenvalue weighted by atomic mass is 32.1. The highest BCUT2D eigenvalue weighted by molar-refractivity contribution is 7.12. The van der Waals surface area contributed by atoms with Gasteiger partial charge in [-0.3, -0.25) is 0 Å². The number of aryl methyl sites for hydroxylation is 1. The normalized spacial score (nSPS) is 17.8. The zero-order valence-electron chi connectivity index (χ0n) is 11.6. The third kappa shape index (κ3) is 2.68. The van der Waals surface area contributed by atoms with Gasteiger partial charge in [0.25, 0.3) is 0 Å². The molecule has 0 radical (unpaired) electrons. The Bertz CT molecular complexity index is 537. The van der Waals surface area contributed by atoms with E-state index in [1.165, 1.54) is 35.4 Å². The molecule has 19 heavy (non-hydrogen) atoms. The van der Waals surface area contributed by atoms with Crippen LogP contribution < -0.4 is 5.32 Å². The molecule has 2 aromatic rings. The lowest BCUT2D eigenvalue weighted by molar-refractivity contribution is 0.521. The Hall–Kier alpha value is -1.29. The molecule has 1 N–H and O–H groups in total. The van der Waals surface area contributed by atoms with Gasteiger partial charge in [-0.25, -0.2) is 4.98 Å². The van der Waals surface area contributed by atoms with Crippen molar-refractivity contribution < 1.29 is 0 Å². The van der Waals surface area contributed by atoms with Crippen molar-refractivity contribution in [2.45, 2.75) is 51.6 Å². The van der Waals surface area contributed by atoms with Gasteiger partial charge in [0, 0.05) is 28.2 Å². The number of nitrogens with zero attached hydrogens (tertiary/aromatic N) is 2. The molecule has 0 saturated heterocycles. The molecule has 102 valence electrons. The second-order valence-electron chi connectivity index (χ2n) is 5.41. The van der Waals surface area contributed by atoms with E-state index < -0.39 is 0 Å². The van der Waals surface area contributed by atoms with Crippen LogP contribution in [0.3, 0.4) is 0 Å². The number of hydrogen-bond acceptors (Lipinski definition) is 3. The van der Waals surface area contributed by atoms with Crippen molar-refractivity contribution in [2.75, 3.05) is 5.32 Å². The van der Waals surface area contributed by atoms with Crippen LogP contribution in [0.4, 0.5) is 5.95 Å². The van der Waals surface area contributed by atoms with Gasteiger partial charge < -0.3 is 9.88 Å². The fraction of sp³-hybridized carbons (Fsp3) is 0.533. The van der Waals surface area contributed by atoms with E-state index in [9.17, 15) is 0 Å². The molecular weight excluding hydrogens is 254 g/mol. The Morgan fingerprint density at radius 3 is 2.84 bits per heavy atom. The third-order valence-corrected chi connectivity index (χ3v) is 5.10. The number of rotatable bonds is 4. The van der Waals surface area contributed by atoms with Crippen molar-refractivity contribution in [1.82, 2.24) is 9.55 Å². The summed E-state index contributed by atoms with van der Waals surface area (Å²) in [5.41, 5.74) is 0.